The summed E-state index contributed by atoms with van der Waals surface area (Å²) >= 11 is 0. The van der Waals surface area contributed by atoms with E-state index in [1.807, 2.05) is 51.2 Å². The number of hydrogen-bond acceptors (Lipinski definition) is 13. The van der Waals surface area contributed by atoms with Crippen LogP contribution in [0.4, 0.5) is 0 Å². The summed E-state index contributed by atoms with van der Waals surface area (Å²) < 4.78 is 47.6. The molecule has 1 amide bonds. The molecule has 3 fully saturated rings. The van der Waals surface area contributed by atoms with Crippen molar-refractivity contribution in [1.29, 1.82) is 0 Å². The number of carboxylic acid groups (broad SMARTS) is 1. The Labute approximate surface area is 412 Å². The summed E-state index contributed by atoms with van der Waals surface area (Å²) in [6.07, 6.45) is 15.0. The van der Waals surface area contributed by atoms with E-state index in [4.69, 9.17) is 28.2 Å². The van der Waals surface area contributed by atoms with Crippen LogP contribution in [0.5, 0.6) is 0 Å². The Kier molecular flexibility index (Phi) is 25.5. The third kappa shape index (κ3) is 19.7. The van der Waals surface area contributed by atoms with Crippen molar-refractivity contribution in [1.82, 2.24) is 4.90 Å². The van der Waals surface area contributed by atoms with E-state index >= 15 is 0 Å². The van der Waals surface area contributed by atoms with Gasteiger partial charge in [0.1, 0.15) is 30.1 Å². The number of aliphatic carboxylic acids is 1. The minimum Gasteiger partial charge on any atom is -0.474 e. The number of carbonyl (C=O) groups is 5. The number of methoxy groups -OCH3 is 3. The monoisotopic (exact) mass is 992 g/mol. The number of rotatable bonds is 26. The van der Waals surface area contributed by atoms with Crippen LogP contribution in [0.3, 0.4) is 0 Å². The van der Waals surface area contributed by atoms with E-state index in [2.05, 4.69) is 13.8 Å². The number of ketones is 2. The minimum atomic E-state index is -2.77. The molecule has 1 aliphatic carbocycles. The molecule has 2 heterocycles. The van der Waals surface area contributed by atoms with Gasteiger partial charge in [0, 0.05) is 72.5 Å². The predicted octanol–water partition coefficient (Wildman–Crippen LogP) is 8.56. The van der Waals surface area contributed by atoms with Crippen molar-refractivity contribution in [3.63, 3.8) is 0 Å². The number of Topliss-reactive ketones (excluding diaryl/α,β-unsaturated/α-hetero) is 2. The average molecular weight is 992 g/mol. The first-order valence-electron chi connectivity index (χ1n) is 25.1. The fraction of sp³-hybridized carbons (Fsp3) is 0.755. The molecule has 1 unspecified atom stereocenters. The van der Waals surface area contributed by atoms with Crippen LogP contribution in [0.25, 0.3) is 0 Å². The normalized spacial score (nSPS) is 26.7. The molecular weight excluding hydrogens is 906 g/mol. The maximum atomic E-state index is 14.0. The standard InChI is InChI=1S/C53H86NO14P/c1-33(18-14-13-15-19-35(3)45(63-8)30-41-23-21-34(2)32-66-41)26-38(6)48(56)50(65-10)49(57)39(7)27-36(4)43(55)31-46(67-53(61)42-20-16-17-25-54(42)51(58)52(59)60)37(5)28-40-22-24-44(47(29-40)64-9)68-69(11,12)62/h13-15,18-19,27,33-34,36-38,40-42,44-47,49-50,57H,16-17,20-26,28-32H2,1-12H3,(H,59,60)/b15-13+,18-14+,35-19+,39-27+/t33-,34-,36-,37-,38-,40+,41+,42+,44?,45+,46+,47-,49-,50+/m1/s1. The first kappa shape index (κ1) is 60.0. The number of aliphatic hydroxyl groups excluding tert-OH is 1. The third-order valence-electron chi connectivity index (χ3n) is 14.2. The quantitative estimate of drug-likeness (QED) is 0.0274. The number of amides is 1. The molecule has 2 aliphatic heterocycles. The summed E-state index contributed by atoms with van der Waals surface area (Å²) in [5, 5.41) is 20.9. The van der Waals surface area contributed by atoms with Crippen molar-refractivity contribution >= 4 is 36.8 Å². The highest BCUT2D eigenvalue weighted by atomic mass is 31.2. The van der Waals surface area contributed by atoms with Crippen LogP contribution in [-0.2, 0) is 56.7 Å². The van der Waals surface area contributed by atoms with E-state index in [0.29, 0.717) is 50.0 Å². The maximum absolute atomic E-state index is 14.0. The lowest BCUT2D eigenvalue weighted by Gasteiger charge is -2.38. The van der Waals surface area contributed by atoms with Gasteiger partial charge >= 0.3 is 17.8 Å². The van der Waals surface area contributed by atoms with Gasteiger partial charge < -0.3 is 43.3 Å². The zero-order valence-corrected chi connectivity index (χ0v) is 44.5. The van der Waals surface area contributed by atoms with Crippen LogP contribution < -0.4 is 0 Å². The highest BCUT2D eigenvalue weighted by Gasteiger charge is 2.40. The second-order valence-electron chi connectivity index (χ2n) is 20.6. The number of nitrogens with zero attached hydrogens (tertiary/aromatic N) is 1. The molecule has 3 rings (SSSR count). The second-order valence-corrected chi connectivity index (χ2v) is 23.3. The van der Waals surface area contributed by atoms with E-state index in [9.17, 15) is 38.8 Å². The number of carboxylic acids is 1. The highest BCUT2D eigenvalue weighted by Crippen LogP contribution is 2.44. The van der Waals surface area contributed by atoms with Crippen LogP contribution >= 0.6 is 7.37 Å². The highest BCUT2D eigenvalue weighted by molar-refractivity contribution is 7.57. The van der Waals surface area contributed by atoms with E-state index in [1.54, 1.807) is 47.5 Å². The molecule has 0 radical (unpaired) electrons. The molecule has 14 atom stereocenters. The van der Waals surface area contributed by atoms with Gasteiger partial charge in [-0.15, -0.1) is 0 Å². The molecule has 0 bridgehead atoms. The van der Waals surface area contributed by atoms with E-state index in [1.165, 1.54) is 13.5 Å². The largest absolute Gasteiger partial charge is 0.474 e. The smallest absolute Gasteiger partial charge is 0.394 e. The molecule has 0 aromatic rings. The summed E-state index contributed by atoms with van der Waals surface area (Å²) in [5.41, 5.74) is 1.49. The molecule has 0 aromatic heterocycles. The molecule has 3 aliphatic rings. The number of esters is 1. The molecule has 69 heavy (non-hydrogen) atoms. The molecule has 16 heteroatoms. The first-order valence-corrected chi connectivity index (χ1v) is 27.6. The Morgan fingerprint density at radius 2 is 1.58 bits per heavy atom. The summed E-state index contributed by atoms with van der Waals surface area (Å²) in [7, 11) is 1.92. The molecule has 2 N–H and O–H groups in total. The lowest BCUT2D eigenvalue weighted by atomic mass is 9.78. The number of carbonyl (C=O) groups excluding carboxylic acids is 4. The van der Waals surface area contributed by atoms with Gasteiger partial charge in [-0.05, 0) is 113 Å². The van der Waals surface area contributed by atoms with Gasteiger partial charge in [0.2, 0.25) is 0 Å². The van der Waals surface area contributed by atoms with Crippen molar-refractivity contribution in [2.75, 3.05) is 47.8 Å². The Bertz CT molecular complexity index is 1850. The number of likely N-dealkylation sites (tertiary alicyclic amines) is 1. The molecule has 2 saturated heterocycles. The fourth-order valence-corrected chi connectivity index (χ4v) is 10.9. The van der Waals surface area contributed by atoms with Crippen molar-refractivity contribution in [3.8, 4) is 0 Å². The Morgan fingerprint density at radius 1 is 0.870 bits per heavy atom. The van der Waals surface area contributed by atoms with Crippen LogP contribution in [0.1, 0.15) is 126 Å². The topological polar surface area (TPSA) is 201 Å². The van der Waals surface area contributed by atoms with Crippen molar-refractivity contribution in [2.24, 2.45) is 35.5 Å². The number of piperidine rings is 1. The minimum absolute atomic E-state index is 0.0202. The van der Waals surface area contributed by atoms with Crippen LogP contribution in [-0.4, -0.2) is 141 Å². The molecular formula is C53H86NO14P. The SMILES string of the molecule is CO[C@@H](C[C@@H]1CC[C@@H](C)CO1)/C(C)=C/C=C/C=C/[C@@H](C)C[C@@H](C)C(=O)[C@H](OC)[C@H](O)/C(C)=C/[C@@H](C)C(=O)C[C@H](OC(=O)[C@@H]1CCCCN1C(=O)C(=O)O)[C@H](C)C[C@@H]1CCC(OP(C)(C)=O)[C@H](OC)C1. The molecule has 1 saturated carbocycles. The van der Waals surface area contributed by atoms with Crippen LogP contribution in [0.2, 0.25) is 0 Å². The van der Waals surface area contributed by atoms with Gasteiger partial charge in [0.25, 0.3) is 0 Å². The summed E-state index contributed by atoms with van der Waals surface area (Å²) in [4.78, 5) is 66.9. The number of hydrogen-bond donors (Lipinski definition) is 2. The lowest BCUT2D eigenvalue weighted by Crippen LogP contribution is -2.52. The summed E-state index contributed by atoms with van der Waals surface area (Å²) in [6, 6.07) is -1.10. The Balaban J connectivity index is 1.67. The number of ether oxygens (including phenoxy) is 5. The lowest BCUT2D eigenvalue weighted by molar-refractivity contribution is -0.168. The number of allylic oxidation sites excluding steroid dienone is 6. The van der Waals surface area contributed by atoms with E-state index < -0.39 is 61.4 Å². The predicted molar refractivity (Wildman–Crippen MR) is 266 cm³/mol. The molecule has 392 valence electrons. The van der Waals surface area contributed by atoms with Crippen molar-refractivity contribution in [2.45, 2.75) is 174 Å². The van der Waals surface area contributed by atoms with Gasteiger partial charge in [0.15, 0.2) is 13.2 Å². The Hall–Kier alpha value is -3.30. The van der Waals surface area contributed by atoms with Crippen molar-refractivity contribution < 1.29 is 67.0 Å². The first-order chi connectivity index (χ1) is 32.5. The summed E-state index contributed by atoms with van der Waals surface area (Å²) in [6.45, 7) is 17.4. The molecule has 0 aromatic carbocycles. The maximum Gasteiger partial charge on any atom is 0.394 e. The second kappa shape index (κ2) is 29.3. The van der Waals surface area contributed by atoms with Gasteiger partial charge in [-0.1, -0.05) is 71.1 Å². The Morgan fingerprint density at radius 3 is 2.19 bits per heavy atom. The van der Waals surface area contributed by atoms with Gasteiger partial charge in [-0.25, -0.2) is 9.59 Å². The van der Waals surface area contributed by atoms with Gasteiger partial charge in [-0.2, -0.15) is 0 Å². The van der Waals surface area contributed by atoms with Gasteiger partial charge in [0.05, 0.1) is 24.4 Å². The third-order valence-corrected chi connectivity index (χ3v) is 14.9. The van der Waals surface area contributed by atoms with E-state index in [-0.39, 0.29) is 73.1 Å². The van der Waals surface area contributed by atoms with Crippen LogP contribution in [0, 0.1) is 35.5 Å². The van der Waals surface area contributed by atoms with Gasteiger partial charge in [-0.3, -0.25) is 18.9 Å². The zero-order chi connectivity index (χ0) is 51.6. The average Bonchev–Trinajstić information content (AvgIpc) is 3.30. The van der Waals surface area contributed by atoms with E-state index in [0.717, 1.165) is 36.3 Å². The van der Waals surface area contributed by atoms with Crippen molar-refractivity contribution in [3.05, 3.63) is 47.6 Å². The fourth-order valence-electron chi connectivity index (χ4n) is 10.0. The molecule has 15 nitrogen and oxygen atoms in total. The number of aliphatic hydroxyl groups is 1. The molecule has 0 spiro atoms. The van der Waals surface area contributed by atoms with Crippen LogP contribution in [0.15, 0.2) is 47.6 Å². The zero-order valence-electron chi connectivity index (χ0n) is 43.6. The summed E-state index contributed by atoms with van der Waals surface area (Å²) in [5.74, 6) is -4.93.